The third-order valence-corrected chi connectivity index (χ3v) is 9.07. The third kappa shape index (κ3) is 3.78. The molecule has 0 saturated carbocycles. The SMILES string of the molecule is CC1(C)C2=C(CCC=C2)c2cc3c(Nc4ccccc4)c4ccccc4c(Nc4ccc5ccccc5c4)c3cc21. The van der Waals surface area contributed by atoms with Gasteiger partial charge in [-0.3, -0.25) is 0 Å². The minimum Gasteiger partial charge on any atom is -0.355 e. The zero-order valence-corrected chi connectivity index (χ0v) is 23.5. The van der Waals surface area contributed by atoms with Crippen molar-refractivity contribution in [2.75, 3.05) is 10.6 Å². The van der Waals surface area contributed by atoms with Crippen LogP contribution < -0.4 is 10.6 Å². The van der Waals surface area contributed by atoms with Crippen molar-refractivity contribution in [3.8, 4) is 0 Å². The van der Waals surface area contributed by atoms with Crippen molar-refractivity contribution < 1.29 is 0 Å². The highest BCUT2D eigenvalue weighted by molar-refractivity contribution is 6.22. The zero-order valence-electron chi connectivity index (χ0n) is 23.5. The first-order chi connectivity index (χ1) is 20.1. The molecule has 198 valence electrons. The second-order valence-electron chi connectivity index (χ2n) is 11.9. The Hall–Kier alpha value is -4.82. The van der Waals surface area contributed by atoms with Crippen molar-refractivity contribution in [1.82, 2.24) is 0 Å². The monoisotopic (exact) mass is 528 g/mol. The van der Waals surface area contributed by atoms with Crippen molar-refractivity contribution in [2.24, 2.45) is 0 Å². The van der Waals surface area contributed by atoms with Crippen LogP contribution in [0.15, 0.2) is 127 Å². The molecule has 2 N–H and O–H groups in total. The van der Waals surface area contributed by atoms with E-state index in [0.717, 1.165) is 35.6 Å². The number of nitrogens with one attached hydrogen (secondary N) is 2. The molecule has 6 aromatic carbocycles. The minimum absolute atomic E-state index is 0.0331. The van der Waals surface area contributed by atoms with Crippen LogP contribution >= 0.6 is 0 Å². The van der Waals surface area contributed by atoms with Crippen LogP contribution in [0.3, 0.4) is 0 Å². The van der Waals surface area contributed by atoms with Gasteiger partial charge in [0.05, 0.1) is 11.4 Å². The van der Waals surface area contributed by atoms with Gasteiger partial charge in [0.25, 0.3) is 0 Å². The van der Waals surface area contributed by atoms with E-state index in [0.29, 0.717) is 0 Å². The molecule has 0 saturated heterocycles. The number of anilines is 4. The van der Waals surface area contributed by atoms with E-state index in [1.54, 1.807) is 0 Å². The van der Waals surface area contributed by atoms with E-state index in [9.17, 15) is 0 Å². The van der Waals surface area contributed by atoms with E-state index < -0.39 is 0 Å². The summed E-state index contributed by atoms with van der Waals surface area (Å²) in [6.07, 6.45) is 6.92. The van der Waals surface area contributed by atoms with Crippen LogP contribution in [0.1, 0.15) is 37.8 Å². The first-order valence-corrected chi connectivity index (χ1v) is 14.6. The highest BCUT2D eigenvalue weighted by Crippen LogP contribution is 2.53. The van der Waals surface area contributed by atoms with Crippen molar-refractivity contribution in [2.45, 2.75) is 32.1 Å². The van der Waals surface area contributed by atoms with Crippen LogP contribution in [0.25, 0.3) is 37.9 Å². The molecule has 8 rings (SSSR count). The predicted molar refractivity (Wildman–Crippen MR) is 177 cm³/mol. The van der Waals surface area contributed by atoms with Gasteiger partial charge in [-0.25, -0.2) is 0 Å². The number of hydrogen-bond donors (Lipinski definition) is 2. The molecule has 2 heteroatoms. The second kappa shape index (κ2) is 9.11. The first-order valence-electron chi connectivity index (χ1n) is 14.6. The minimum atomic E-state index is -0.0331. The molecule has 0 bridgehead atoms. The van der Waals surface area contributed by atoms with Gasteiger partial charge in [0, 0.05) is 38.3 Å². The highest BCUT2D eigenvalue weighted by Gasteiger charge is 2.37. The summed E-state index contributed by atoms with van der Waals surface area (Å²) in [7, 11) is 0. The number of hydrogen-bond acceptors (Lipinski definition) is 2. The Morgan fingerprint density at radius 3 is 2.02 bits per heavy atom. The molecule has 6 aromatic rings. The van der Waals surface area contributed by atoms with Gasteiger partial charge < -0.3 is 10.6 Å². The van der Waals surface area contributed by atoms with Crippen LogP contribution in [0.4, 0.5) is 22.7 Å². The van der Waals surface area contributed by atoms with Crippen molar-refractivity contribution in [1.29, 1.82) is 0 Å². The fourth-order valence-corrected chi connectivity index (χ4v) is 7.01. The summed E-state index contributed by atoms with van der Waals surface area (Å²) in [5.74, 6) is 0. The van der Waals surface area contributed by atoms with Crippen LogP contribution in [0.5, 0.6) is 0 Å². The third-order valence-electron chi connectivity index (χ3n) is 9.07. The Balaban J connectivity index is 1.43. The molecule has 0 atom stereocenters. The number of para-hydroxylation sites is 1. The largest absolute Gasteiger partial charge is 0.355 e. The Kier molecular flexibility index (Phi) is 5.33. The molecule has 2 aliphatic carbocycles. The molecule has 2 aliphatic rings. The molecule has 0 radical (unpaired) electrons. The van der Waals surface area contributed by atoms with Gasteiger partial charge >= 0.3 is 0 Å². The van der Waals surface area contributed by atoms with E-state index in [4.69, 9.17) is 0 Å². The molecule has 0 aromatic heterocycles. The van der Waals surface area contributed by atoms with Crippen LogP contribution in [-0.2, 0) is 5.41 Å². The highest BCUT2D eigenvalue weighted by atomic mass is 14.9. The topological polar surface area (TPSA) is 24.1 Å². The maximum Gasteiger partial charge on any atom is 0.0545 e. The summed E-state index contributed by atoms with van der Waals surface area (Å²) in [5, 5.41) is 15.1. The first kappa shape index (κ1) is 24.0. The summed E-state index contributed by atoms with van der Waals surface area (Å²) in [5.41, 5.74) is 10.3. The van der Waals surface area contributed by atoms with E-state index in [2.05, 4.69) is 146 Å². The molecule has 0 amide bonds. The maximum atomic E-state index is 3.90. The maximum absolute atomic E-state index is 3.90. The van der Waals surface area contributed by atoms with Gasteiger partial charge in [-0.05, 0) is 82.3 Å². The van der Waals surface area contributed by atoms with Gasteiger partial charge in [0.2, 0.25) is 0 Å². The Morgan fingerprint density at radius 1 is 0.585 bits per heavy atom. The van der Waals surface area contributed by atoms with E-state index >= 15 is 0 Å². The van der Waals surface area contributed by atoms with E-state index in [1.807, 2.05) is 0 Å². The lowest BCUT2D eigenvalue weighted by Gasteiger charge is -2.25. The van der Waals surface area contributed by atoms with E-state index in [1.165, 1.54) is 54.6 Å². The van der Waals surface area contributed by atoms with Gasteiger partial charge in [0.15, 0.2) is 0 Å². The zero-order chi connectivity index (χ0) is 27.6. The van der Waals surface area contributed by atoms with E-state index in [-0.39, 0.29) is 5.41 Å². The van der Waals surface area contributed by atoms with Crippen molar-refractivity contribution in [3.63, 3.8) is 0 Å². The second-order valence-corrected chi connectivity index (χ2v) is 11.9. The Bertz CT molecular complexity index is 2060. The van der Waals surface area contributed by atoms with Crippen LogP contribution in [0.2, 0.25) is 0 Å². The molecule has 0 aliphatic heterocycles. The normalized spacial score (nSPS) is 15.4. The summed E-state index contributed by atoms with van der Waals surface area (Å²) in [4.78, 5) is 0. The summed E-state index contributed by atoms with van der Waals surface area (Å²) < 4.78 is 0. The molecular weight excluding hydrogens is 496 g/mol. The number of rotatable bonds is 4. The summed E-state index contributed by atoms with van der Waals surface area (Å²) >= 11 is 0. The molecule has 0 fully saturated rings. The lowest BCUT2D eigenvalue weighted by Crippen LogP contribution is -2.16. The lowest BCUT2D eigenvalue weighted by atomic mass is 9.79. The predicted octanol–water partition coefficient (Wildman–Crippen LogP) is 11.0. The lowest BCUT2D eigenvalue weighted by molar-refractivity contribution is 0.652. The van der Waals surface area contributed by atoms with Crippen molar-refractivity contribution >= 4 is 60.6 Å². The summed E-state index contributed by atoms with van der Waals surface area (Å²) in [6, 6.07) is 39.5. The van der Waals surface area contributed by atoms with Gasteiger partial charge in [-0.2, -0.15) is 0 Å². The molecule has 0 spiro atoms. The standard InChI is InChI=1S/C39H32N2/c1-39(2)35-19-11-10-16-29(35)32-23-33-34(24-36(32)39)38(41-28-21-20-25-12-6-7-13-26(25)22-28)31-18-9-8-17-30(31)37(33)40-27-14-4-3-5-15-27/h3-9,11-15,17-24,40-41H,10,16H2,1-2H3. The summed E-state index contributed by atoms with van der Waals surface area (Å²) in [6.45, 7) is 4.77. The molecule has 2 nitrogen and oxygen atoms in total. The number of benzene rings is 6. The quantitative estimate of drug-likeness (QED) is 0.176. The van der Waals surface area contributed by atoms with Crippen LogP contribution in [-0.4, -0.2) is 0 Å². The smallest absolute Gasteiger partial charge is 0.0545 e. The average molecular weight is 529 g/mol. The van der Waals surface area contributed by atoms with Gasteiger partial charge in [-0.15, -0.1) is 0 Å². The fraction of sp³-hybridized carbons (Fsp3) is 0.128. The average Bonchev–Trinajstić information content (AvgIpc) is 3.24. The van der Waals surface area contributed by atoms with Gasteiger partial charge in [0.1, 0.15) is 0 Å². The fourth-order valence-electron chi connectivity index (χ4n) is 7.01. The molecule has 0 heterocycles. The molecule has 41 heavy (non-hydrogen) atoms. The molecular formula is C39H32N2. The Morgan fingerprint density at radius 2 is 1.24 bits per heavy atom. The van der Waals surface area contributed by atoms with Crippen LogP contribution in [0, 0.1) is 0 Å². The Labute approximate surface area is 241 Å². The molecule has 0 unspecified atom stereocenters. The van der Waals surface area contributed by atoms with Gasteiger partial charge in [-0.1, -0.05) is 98.8 Å². The number of fused-ring (bicyclic) bond motifs is 5. The van der Waals surface area contributed by atoms with Crippen molar-refractivity contribution in [3.05, 3.63) is 138 Å². The number of allylic oxidation sites excluding steroid dienone is 4.